The van der Waals surface area contributed by atoms with Gasteiger partial charge in [0.25, 0.3) is 15.9 Å². The molecular formula is C19H19F3N2O4S. The summed E-state index contributed by atoms with van der Waals surface area (Å²) in [6.45, 7) is 2.83. The summed E-state index contributed by atoms with van der Waals surface area (Å²) in [7, 11) is -4.26. The van der Waals surface area contributed by atoms with Gasteiger partial charge in [-0.2, -0.15) is 0 Å². The molecule has 10 heteroatoms. The number of para-hydroxylation sites is 1. The Bertz CT molecular complexity index is 1020. The molecule has 3 rings (SSSR count). The van der Waals surface area contributed by atoms with E-state index in [2.05, 4.69) is 9.46 Å². The first kappa shape index (κ1) is 21.0. The Labute approximate surface area is 166 Å². The number of alkyl halides is 3. The van der Waals surface area contributed by atoms with Gasteiger partial charge < -0.3 is 9.64 Å². The molecule has 2 aromatic rings. The number of hydrogen-bond acceptors (Lipinski definition) is 4. The number of nitrogens with one attached hydrogen (secondary N) is 1. The van der Waals surface area contributed by atoms with Crippen molar-refractivity contribution in [2.24, 2.45) is 0 Å². The number of benzene rings is 2. The minimum Gasteiger partial charge on any atom is -0.406 e. The summed E-state index contributed by atoms with van der Waals surface area (Å²) < 4.78 is 69.0. The van der Waals surface area contributed by atoms with E-state index in [4.69, 9.17) is 0 Å². The molecule has 0 spiro atoms. The van der Waals surface area contributed by atoms with Gasteiger partial charge in [-0.15, -0.1) is 13.2 Å². The normalized spacial score (nSPS) is 14.7. The van der Waals surface area contributed by atoms with Crippen LogP contribution in [0.3, 0.4) is 0 Å². The maximum atomic E-state index is 12.8. The summed E-state index contributed by atoms with van der Waals surface area (Å²) in [5.74, 6) is -0.948. The van der Waals surface area contributed by atoms with Crippen LogP contribution in [0.5, 0.6) is 5.75 Å². The Kier molecular flexibility index (Phi) is 5.74. The number of amides is 1. The lowest BCUT2D eigenvalue weighted by Crippen LogP contribution is -2.29. The smallest absolute Gasteiger partial charge is 0.406 e. The molecule has 1 N–H and O–H groups in total. The third-order valence-electron chi connectivity index (χ3n) is 4.48. The lowest BCUT2D eigenvalue weighted by atomic mass is 10.1. The summed E-state index contributed by atoms with van der Waals surface area (Å²) in [5, 5.41) is 0. The van der Waals surface area contributed by atoms with Gasteiger partial charge in [0.05, 0.1) is 16.1 Å². The van der Waals surface area contributed by atoms with Crippen molar-refractivity contribution in [1.82, 2.24) is 4.90 Å². The molecular weight excluding hydrogens is 409 g/mol. The number of halogens is 3. The Balaban J connectivity index is 1.93. The summed E-state index contributed by atoms with van der Waals surface area (Å²) in [5.41, 5.74) is 0.811. The SMILES string of the molecule is Cc1cccc(C(=O)N2CCCC2)c1NS(=O)(=O)c1cccc(OC(F)(F)F)c1. The van der Waals surface area contributed by atoms with Crippen molar-refractivity contribution in [1.29, 1.82) is 0 Å². The van der Waals surface area contributed by atoms with Crippen LogP contribution in [0.4, 0.5) is 18.9 Å². The lowest BCUT2D eigenvalue weighted by Gasteiger charge is -2.20. The minimum atomic E-state index is -4.94. The van der Waals surface area contributed by atoms with Crippen LogP contribution in [0, 0.1) is 6.92 Å². The van der Waals surface area contributed by atoms with Crippen molar-refractivity contribution in [3.8, 4) is 5.75 Å². The molecule has 0 unspecified atom stereocenters. The molecule has 1 amide bonds. The highest BCUT2D eigenvalue weighted by molar-refractivity contribution is 7.92. The Morgan fingerprint density at radius 2 is 1.76 bits per heavy atom. The zero-order valence-electron chi connectivity index (χ0n) is 15.5. The van der Waals surface area contributed by atoms with E-state index >= 15 is 0 Å². The number of anilines is 1. The molecule has 1 aliphatic rings. The number of hydrogen-bond donors (Lipinski definition) is 1. The molecule has 29 heavy (non-hydrogen) atoms. The molecule has 1 heterocycles. The monoisotopic (exact) mass is 428 g/mol. The van der Waals surface area contributed by atoms with Crippen molar-refractivity contribution in [3.05, 3.63) is 53.6 Å². The predicted molar refractivity (Wildman–Crippen MR) is 100 cm³/mol. The molecule has 0 aromatic heterocycles. The van der Waals surface area contributed by atoms with E-state index in [1.54, 1.807) is 24.0 Å². The van der Waals surface area contributed by atoms with E-state index in [0.29, 0.717) is 18.7 Å². The highest BCUT2D eigenvalue weighted by atomic mass is 32.2. The molecule has 1 saturated heterocycles. The van der Waals surface area contributed by atoms with Crippen molar-refractivity contribution in [3.63, 3.8) is 0 Å². The minimum absolute atomic E-state index is 0.103. The zero-order valence-corrected chi connectivity index (χ0v) is 16.3. The van der Waals surface area contributed by atoms with Crippen LogP contribution in [0.25, 0.3) is 0 Å². The third kappa shape index (κ3) is 5.00. The molecule has 0 radical (unpaired) electrons. The number of carbonyl (C=O) groups excluding carboxylic acids is 1. The predicted octanol–water partition coefficient (Wildman–Crippen LogP) is 3.93. The quantitative estimate of drug-likeness (QED) is 0.783. The number of sulfonamides is 1. The van der Waals surface area contributed by atoms with Crippen molar-refractivity contribution in [2.75, 3.05) is 17.8 Å². The number of aryl methyl sites for hydroxylation is 1. The second-order valence-electron chi connectivity index (χ2n) is 6.62. The summed E-state index contributed by atoms with van der Waals surface area (Å²) in [6, 6.07) is 8.87. The van der Waals surface area contributed by atoms with E-state index in [9.17, 15) is 26.4 Å². The van der Waals surface area contributed by atoms with Crippen LogP contribution >= 0.6 is 0 Å². The molecule has 0 saturated carbocycles. The van der Waals surface area contributed by atoms with Gasteiger partial charge in [0.2, 0.25) is 0 Å². The van der Waals surface area contributed by atoms with Crippen LogP contribution in [0.15, 0.2) is 47.4 Å². The van der Waals surface area contributed by atoms with Crippen molar-refractivity contribution in [2.45, 2.75) is 31.0 Å². The van der Waals surface area contributed by atoms with Gasteiger partial charge in [0.15, 0.2) is 0 Å². The number of carbonyl (C=O) groups is 1. The maximum Gasteiger partial charge on any atom is 0.573 e. The van der Waals surface area contributed by atoms with Crippen LogP contribution < -0.4 is 9.46 Å². The molecule has 0 aliphatic carbocycles. The van der Waals surface area contributed by atoms with Gasteiger partial charge >= 0.3 is 6.36 Å². The maximum absolute atomic E-state index is 12.8. The summed E-state index contributed by atoms with van der Waals surface area (Å²) in [6.07, 6.45) is -3.18. The highest BCUT2D eigenvalue weighted by Crippen LogP contribution is 2.29. The van der Waals surface area contributed by atoms with Crippen LogP contribution in [-0.2, 0) is 10.0 Å². The van der Waals surface area contributed by atoms with Gasteiger partial charge in [-0.25, -0.2) is 8.42 Å². The number of rotatable bonds is 5. The van der Waals surface area contributed by atoms with Crippen LogP contribution in [-0.4, -0.2) is 38.7 Å². The fourth-order valence-electron chi connectivity index (χ4n) is 3.10. The van der Waals surface area contributed by atoms with Gasteiger partial charge in [0.1, 0.15) is 5.75 Å². The second-order valence-corrected chi connectivity index (χ2v) is 8.31. The van der Waals surface area contributed by atoms with E-state index in [0.717, 1.165) is 37.1 Å². The molecule has 0 bridgehead atoms. The van der Waals surface area contributed by atoms with Gasteiger partial charge in [-0.3, -0.25) is 9.52 Å². The van der Waals surface area contributed by atoms with E-state index in [1.165, 1.54) is 6.07 Å². The van der Waals surface area contributed by atoms with Crippen LogP contribution in [0.1, 0.15) is 28.8 Å². The third-order valence-corrected chi connectivity index (χ3v) is 5.83. The lowest BCUT2D eigenvalue weighted by molar-refractivity contribution is -0.274. The van der Waals surface area contributed by atoms with Crippen molar-refractivity contribution < 1.29 is 31.1 Å². The zero-order chi connectivity index (χ0) is 21.2. The highest BCUT2D eigenvalue weighted by Gasteiger charge is 2.32. The van der Waals surface area contributed by atoms with Crippen LogP contribution in [0.2, 0.25) is 0 Å². The first-order valence-corrected chi connectivity index (χ1v) is 10.3. The van der Waals surface area contributed by atoms with Gasteiger partial charge in [-0.1, -0.05) is 18.2 Å². The number of nitrogens with zero attached hydrogens (tertiary/aromatic N) is 1. The Morgan fingerprint density at radius 3 is 2.41 bits per heavy atom. The Hall–Kier alpha value is -2.75. The average molecular weight is 428 g/mol. The fourth-order valence-corrected chi connectivity index (χ4v) is 4.29. The fraction of sp³-hybridized carbons (Fsp3) is 0.316. The molecule has 156 valence electrons. The standard InChI is InChI=1S/C19H19F3N2O4S/c1-13-6-4-9-16(18(25)24-10-2-3-11-24)17(13)23-29(26,27)15-8-5-7-14(12-15)28-19(20,21)22/h4-9,12,23H,2-3,10-11H2,1H3. The summed E-state index contributed by atoms with van der Waals surface area (Å²) in [4.78, 5) is 14.0. The largest absolute Gasteiger partial charge is 0.573 e. The first-order valence-electron chi connectivity index (χ1n) is 8.84. The molecule has 0 atom stereocenters. The number of ether oxygens (including phenoxy) is 1. The van der Waals surface area contributed by atoms with Gasteiger partial charge in [-0.05, 0) is 43.5 Å². The molecule has 6 nitrogen and oxygen atoms in total. The molecule has 1 fully saturated rings. The van der Waals surface area contributed by atoms with E-state index in [1.807, 2.05) is 0 Å². The van der Waals surface area contributed by atoms with Crippen molar-refractivity contribution >= 4 is 21.6 Å². The van der Waals surface area contributed by atoms with Gasteiger partial charge in [0, 0.05) is 19.2 Å². The number of likely N-dealkylation sites (tertiary alicyclic amines) is 1. The molecule has 1 aliphatic heterocycles. The average Bonchev–Trinajstić information content (AvgIpc) is 3.16. The topological polar surface area (TPSA) is 75.7 Å². The first-order chi connectivity index (χ1) is 13.6. The molecule has 2 aromatic carbocycles. The second kappa shape index (κ2) is 7.94. The van der Waals surface area contributed by atoms with E-state index < -0.39 is 27.0 Å². The Morgan fingerprint density at radius 1 is 1.10 bits per heavy atom. The van der Waals surface area contributed by atoms with E-state index in [-0.39, 0.29) is 17.2 Å². The summed E-state index contributed by atoms with van der Waals surface area (Å²) >= 11 is 0.